The Balaban J connectivity index is 1.96. The van der Waals surface area contributed by atoms with Crippen molar-refractivity contribution in [2.45, 2.75) is 13.1 Å². The third kappa shape index (κ3) is 4.54. The van der Waals surface area contributed by atoms with Crippen LogP contribution in [0.5, 0.6) is 0 Å². The molecule has 1 aliphatic rings. The van der Waals surface area contributed by atoms with Crippen LogP contribution in [0.3, 0.4) is 0 Å². The number of anilines is 1. The lowest BCUT2D eigenvalue weighted by Crippen LogP contribution is -2.47. The van der Waals surface area contributed by atoms with Crippen LogP contribution < -0.4 is 4.90 Å². The molecule has 0 N–H and O–H groups in total. The van der Waals surface area contributed by atoms with Gasteiger partial charge in [-0.25, -0.2) is 0 Å². The van der Waals surface area contributed by atoms with Crippen molar-refractivity contribution in [3.05, 3.63) is 29.8 Å². The molecule has 0 aromatic heterocycles. The fourth-order valence-electron chi connectivity index (χ4n) is 2.57. The maximum atomic E-state index is 12.7. The molecule has 1 aromatic carbocycles. The van der Waals surface area contributed by atoms with Crippen molar-refractivity contribution in [2.75, 3.05) is 43.4 Å². The smallest absolute Gasteiger partial charge is 0.369 e. The van der Waals surface area contributed by atoms with E-state index in [0.29, 0.717) is 11.6 Å². The molecule has 0 radical (unpaired) electrons. The molecule has 0 aliphatic carbocycles. The van der Waals surface area contributed by atoms with Gasteiger partial charge in [-0.05, 0) is 29.9 Å². The van der Waals surface area contributed by atoms with Gasteiger partial charge in [0.2, 0.25) is 0 Å². The zero-order valence-corrected chi connectivity index (χ0v) is 13.0. The molecule has 21 heavy (non-hydrogen) atoms. The van der Waals surface area contributed by atoms with Crippen LogP contribution in [0.15, 0.2) is 24.3 Å². The second-order valence-corrected chi connectivity index (χ2v) is 5.99. The summed E-state index contributed by atoms with van der Waals surface area (Å²) >= 11 is 4.28. The third-order valence-corrected chi connectivity index (χ3v) is 4.42. The van der Waals surface area contributed by atoms with Gasteiger partial charge in [-0.15, -0.1) is 0 Å². The van der Waals surface area contributed by atoms with E-state index in [9.17, 15) is 13.2 Å². The Kier molecular flexibility index (Phi) is 5.43. The fraction of sp³-hybridized carbons (Fsp3) is 0.600. The lowest BCUT2D eigenvalue weighted by molar-refractivity contribution is -0.137. The summed E-state index contributed by atoms with van der Waals surface area (Å²) in [6, 6.07) is 5.59. The lowest BCUT2D eigenvalue weighted by atomic mass is 10.1. The van der Waals surface area contributed by atoms with Gasteiger partial charge < -0.3 is 4.90 Å². The van der Waals surface area contributed by atoms with Crippen LogP contribution in [0.25, 0.3) is 0 Å². The number of alkyl halides is 3. The number of hydrogen-bond donors (Lipinski definition) is 1. The summed E-state index contributed by atoms with van der Waals surface area (Å²) in [5, 5.41) is 0. The first kappa shape index (κ1) is 16.5. The van der Waals surface area contributed by atoms with E-state index in [4.69, 9.17) is 0 Å². The Morgan fingerprint density at radius 2 is 1.86 bits per heavy atom. The molecular weight excluding hydrogens is 297 g/mol. The number of hydrogen-bond acceptors (Lipinski definition) is 3. The molecule has 0 amide bonds. The number of rotatable bonds is 4. The average Bonchev–Trinajstić information content (AvgIpc) is 2.47. The van der Waals surface area contributed by atoms with E-state index in [1.807, 2.05) is 4.90 Å². The van der Waals surface area contributed by atoms with Gasteiger partial charge in [0.15, 0.2) is 0 Å². The fourth-order valence-corrected chi connectivity index (χ4v) is 2.68. The van der Waals surface area contributed by atoms with Crippen LogP contribution in [0.1, 0.15) is 12.5 Å². The van der Waals surface area contributed by atoms with Crippen LogP contribution in [0, 0.1) is 5.92 Å². The summed E-state index contributed by atoms with van der Waals surface area (Å²) < 4.78 is 38.2. The summed E-state index contributed by atoms with van der Waals surface area (Å²) in [7, 11) is 0. The van der Waals surface area contributed by atoms with Crippen molar-refractivity contribution in [3.63, 3.8) is 0 Å². The number of nitrogens with zero attached hydrogens (tertiary/aromatic N) is 2. The van der Waals surface area contributed by atoms with Crippen molar-refractivity contribution >= 4 is 18.3 Å². The van der Waals surface area contributed by atoms with Crippen LogP contribution in [0.2, 0.25) is 0 Å². The molecule has 1 fully saturated rings. The topological polar surface area (TPSA) is 6.48 Å². The highest BCUT2D eigenvalue weighted by molar-refractivity contribution is 7.80. The van der Waals surface area contributed by atoms with Gasteiger partial charge >= 0.3 is 6.18 Å². The normalized spacial score (nSPS) is 18.8. The number of benzene rings is 1. The van der Waals surface area contributed by atoms with Crippen molar-refractivity contribution < 1.29 is 13.2 Å². The Bertz CT molecular complexity index is 456. The van der Waals surface area contributed by atoms with Gasteiger partial charge in [-0.2, -0.15) is 25.8 Å². The molecule has 0 spiro atoms. The summed E-state index contributed by atoms with van der Waals surface area (Å²) in [4.78, 5) is 4.38. The maximum Gasteiger partial charge on any atom is 0.416 e. The molecule has 118 valence electrons. The summed E-state index contributed by atoms with van der Waals surface area (Å²) in [5.74, 6) is 1.39. The number of piperazine rings is 1. The first-order valence-corrected chi connectivity index (χ1v) is 7.79. The molecule has 1 atom stereocenters. The number of halogens is 3. The van der Waals surface area contributed by atoms with Crippen molar-refractivity contribution in [2.24, 2.45) is 5.92 Å². The molecule has 2 rings (SSSR count). The molecule has 1 aliphatic heterocycles. The summed E-state index contributed by atoms with van der Waals surface area (Å²) in [6.45, 7) is 6.45. The van der Waals surface area contributed by atoms with Crippen molar-refractivity contribution in [1.82, 2.24) is 4.90 Å². The van der Waals surface area contributed by atoms with Gasteiger partial charge in [0.1, 0.15) is 0 Å². The summed E-state index contributed by atoms with van der Waals surface area (Å²) in [6.07, 6.45) is -4.28. The van der Waals surface area contributed by atoms with E-state index in [0.717, 1.165) is 44.5 Å². The predicted molar refractivity (Wildman–Crippen MR) is 83.1 cm³/mol. The zero-order valence-electron chi connectivity index (χ0n) is 12.1. The zero-order chi connectivity index (χ0) is 15.5. The Morgan fingerprint density at radius 1 is 1.19 bits per heavy atom. The van der Waals surface area contributed by atoms with Gasteiger partial charge in [0, 0.05) is 38.4 Å². The molecule has 1 heterocycles. The molecule has 2 nitrogen and oxygen atoms in total. The second-order valence-electron chi connectivity index (χ2n) is 5.62. The van der Waals surface area contributed by atoms with Gasteiger partial charge in [-0.3, -0.25) is 4.90 Å². The molecular formula is C15H21F3N2S. The molecule has 0 saturated carbocycles. The van der Waals surface area contributed by atoms with Crippen LogP contribution in [0.4, 0.5) is 18.9 Å². The van der Waals surface area contributed by atoms with Crippen molar-refractivity contribution in [1.29, 1.82) is 0 Å². The minimum absolute atomic E-state index is 0.536. The molecule has 1 unspecified atom stereocenters. The Hall–Kier alpha value is -0.880. The monoisotopic (exact) mass is 318 g/mol. The highest BCUT2D eigenvalue weighted by Crippen LogP contribution is 2.31. The standard InChI is InChI=1S/C15H21F3N2S/c1-12(11-21)10-19-5-7-20(8-6-19)14-4-2-3-13(9-14)15(16,17)18/h2-4,9,12,21H,5-8,10-11H2,1H3. The highest BCUT2D eigenvalue weighted by Gasteiger charge is 2.31. The highest BCUT2D eigenvalue weighted by atomic mass is 32.1. The van der Waals surface area contributed by atoms with E-state index < -0.39 is 11.7 Å². The van der Waals surface area contributed by atoms with E-state index in [1.165, 1.54) is 12.1 Å². The summed E-state index contributed by atoms with van der Waals surface area (Å²) in [5.41, 5.74) is 0.0813. The van der Waals surface area contributed by atoms with Gasteiger partial charge in [0.05, 0.1) is 5.56 Å². The Morgan fingerprint density at radius 3 is 2.43 bits per heavy atom. The predicted octanol–water partition coefficient (Wildman–Crippen LogP) is 3.39. The number of thiol groups is 1. The molecule has 1 aromatic rings. The van der Waals surface area contributed by atoms with E-state index >= 15 is 0 Å². The molecule has 6 heteroatoms. The van der Waals surface area contributed by atoms with Crippen molar-refractivity contribution in [3.8, 4) is 0 Å². The molecule has 0 bridgehead atoms. The quantitative estimate of drug-likeness (QED) is 0.850. The van der Waals surface area contributed by atoms with E-state index in [2.05, 4.69) is 24.5 Å². The van der Waals surface area contributed by atoms with Gasteiger partial charge in [-0.1, -0.05) is 13.0 Å². The largest absolute Gasteiger partial charge is 0.416 e. The van der Waals surface area contributed by atoms with E-state index in [-0.39, 0.29) is 0 Å². The van der Waals surface area contributed by atoms with E-state index in [1.54, 1.807) is 6.07 Å². The Labute approximate surface area is 129 Å². The minimum Gasteiger partial charge on any atom is -0.369 e. The average molecular weight is 318 g/mol. The SMILES string of the molecule is CC(CS)CN1CCN(c2cccc(C(F)(F)F)c2)CC1. The van der Waals surface area contributed by atoms with Gasteiger partial charge in [0.25, 0.3) is 0 Å². The molecule has 1 saturated heterocycles. The van der Waals surface area contributed by atoms with Crippen LogP contribution in [-0.2, 0) is 6.18 Å². The first-order valence-electron chi connectivity index (χ1n) is 7.15. The lowest BCUT2D eigenvalue weighted by Gasteiger charge is -2.37. The minimum atomic E-state index is -4.28. The van der Waals surface area contributed by atoms with Crippen LogP contribution in [-0.4, -0.2) is 43.4 Å². The second kappa shape index (κ2) is 6.92. The first-order chi connectivity index (χ1) is 9.90. The van der Waals surface area contributed by atoms with Crippen LogP contribution >= 0.6 is 12.6 Å². The maximum absolute atomic E-state index is 12.7. The third-order valence-electron chi connectivity index (χ3n) is 3.79.